The lowest BCUT2D eigenvalue weighted by Gasteiger charge is -2.32. The summed E-state index contributed by atoms with van der Waals surface area (Å²) >= 11 is 9.00. The zero-order chi connectivity index (χ0) is 14.1. The number of benzene rings is 1. The Morgan fingerprint density at radius 2 is 2.05 bits per heavy atom. The summed E-state index contributed by atoms with van der Waals surface area (Å²) in [5.41, 5.74) is 2.30. The number of imidazole rings is 1. The fourth-order valence-electron chi connectivity index (χ4n) is 3.06. The lowest BCUT2D eigenvalue weighted by atomic mass is 10.1. The maximum absolute atomic E-state index is 5.49. The number of hydrogen-bond acceptors (Lipinski definition) is 2. The van der Waals surface area contributed by atoms with Gasteiger partial charge in [0.05, 0.1) is 11.0 Å². The van der Waals surface area contributed by atoms with Crippen LogP contribution in [0.15, 0.2) is 22.7 Å². The van der Waals surface area contributed by atoms with Crippen molar-refractivity contribution in [1.29, 1.82) is 0 Å². The summed E-state index contributed by atoms with van der Waals surface area (Å²) in [6.45, 7) is 5.72. The van der Waals surface area contributed by atoms with E-state index in [0.29, 0.717) is 6.04 Å². The molecule has 2 heterocycles. The summed E-state index contributed by atoms with van der Waals surface area (Å²) in [5.74, 6) is 0. The Morgan fingerprint density at radius 3 is 2.80 bits per heavy atom. The van der Waals surface area contributed by atoms with Crippen LogP contribution in [0.25, 0.3) is 11.0 Å². The topological polar surface area (TPSA) is 24.0 Å². The van der Waals surface area contributed by atoms with E-state index in [0.717, 1.165) is 21.3 Å². The molecule has 0 aliphatic carbocycles. The first-order valence-corrected chi connectivity index (χ1v) is 8.47. The highest BCUT2D eigenvalue weighted by atomic mass is 79.9. The van der Waals surface area contributed by atoms with Gasteiger partial charge in [0, 0.05) is 17.1 Å². The second kappa shape index (κ2) is 6.00. The maximum atomic E-state index is 5.49. The predicted molar refractivity (Wildman–Crippen MR) is 89.7 cm³/mol. The van der Waals surface area contributed by atoms with Crippen molar-refractivity contribution in [3.63, 3.8) is 0 Å². The summed E-state index contributed by atoms with van der Waals surface area (Å²) in [7, 11) is 0. The highest BCUT2D eigenvalue weighted by Crippen LogP contribution is 2.21. The molecule has 20 heavy (non-hydrogen) atoms. The van der Waals surface area contributed by atoms with E-state index in [9.17, 15) is 0 Å². The molecule has 1 atom stereocenters. The molecule has 0 radical (unpaired) electrons. The highest BCUT2D eigenvalue weighted by Gasteiger charge is 2.18. The summed E-state index contributed by atoms with van der Waals surface area (Å²) < 4.78 is 4.13. The minimum absolute atomic E-state index is 0.532. The standard InChI is InChI=1S/C15H20BrN3S/c1-11(18-7-3-2-4-8-18)10-19-14-6-5-12(16)9-13(14)17-15(19)20/h5-6,9,11H,2-4,7-8,10H2,1H3,(H,17,20). The summed E-state index contributed by atoms with van der Waals surface area (Å²) in [5, 5.41) is 0. The Bertz CT molecular complexity index is 655. The van der Waals surface area contributed by atoms with Gasteiger partial charge in [0.25, 0.3) is 0 Å². The average Bonchev–Trinajstić information content (AvgIpc) is 2.75. The minimum atomic E-state index is 0.532. The van der Waals surface area contributed by atoms with Crippen LogP contribution in [-0.4, -0.2) is 33.6 Å². The van der Waals surface area contributed by atoms with E-state index in [1.807, 2.05) is 0 Å². The smallest absolute Gasteiger partial charge is 0.178 e. The van der Waals surface area contributed by atoms with Gasteiger partial charge < -0.3 is 9.55 Å². The molecule has 1 saturated heterocycles. The van der Waals surface area contributed by atoms with Crippen molar-refractivity contribution in [3.05, 3.63) is 27.4 Å². The van der Waals surface area contributed by atoms with E-state index in [4.69, 9.17) is 12.2 Å². The average molecular weight is 354 g/mol. The summed E-state index contributed by atoms with van der Waals surface area (Å²) in [4.78, 5) is 5.89. The van der Waals surface area contributed by atoms with Crippen LogP contribution in [0.4, 0.5) is 0 Å². The number of nitrogens with one attached hydrogen (secondary N) is 1. The molecule has 1 unspecified atom stereocenters. The van der Waals surface area contributed by atoms with Crippen molar-refractivity contribution in [2.24, 2.45) is 0 Å². The normalized spacial score (nSPS) is 18.5. The number of fused-ring (bicyclic) bond motifs is 1. The zero-order valence-electron chi connectivity index (χ0n) is 11.7. The van der Waals surface area contributed by atoms with Gasteiger partial charge in [-0.15, -0.1) is 0 Å². The van der Waals surface area contributed by atoms with E-state index in [2.05, 4.69) is 55.5 Å². The molecular formula is C15H20BrN3S. The van der Waals surface area contributed by atoms with Crippen molar-refractivity contribution in [2.75, 3.05) is 13.1 Å². The number of likely N-dealkylation sites (tertiary alicyclic amines) is 1. The van der Waals surface area contributed by atoms with Crippen molar-refractivity contribution in [1.82, 2.24) is 14.5 Å². The molecule has 1 aromatic heterocycles. The molecule has 0 amide bonds. The van der Waals surface area contributed by atoms with Crippen LogP contribution < -0.4 is 0 Å². The van der Waals surface area contributed by atoms with Gasteiger partial charge in [0.2, 0.25) is 0 Å². The molecule has 2 aromatic rings. The number of aromatic amines is 1. The molecule has 0 spiro atoms. The molecule has 1 aliphatic rings. The number of piperidine rings is 1. The Kier molecular flexibility index (Phi) is 4.29. The Labute approximate surface area is 133 Å². The molecule has 0 bridgehead atoms. The van der Waals surface area contributed by atoms with E-state index in [1.165, 1.54) is 37.9 Å². The van der Waals surface area contributed by atoms with Crippen LogP contribution in [0.3, 0.4) is 0 Å². The fraction of sp³-hybridized carbons (Fsp3) is 0.533. The van der Waals surface area contributed by atoms with E-state index < -0.39 is 0 Å². The van der Waals surface area contributed by atoms with Gasteiger partial charge in [0.1, 0.15) is 0 Å². The van der Waals surface area contributed by atoms with E-state index in [1.54, 1.807) is 0 Å². The second-order valence-electron chi connectivity index (χ2n) is 5.65. The number of H-pyrrole nitrogens is 1. The quantitative estimate of drug-likeness (QED) is 0.830. The van der Waals surface area contributed by atoms with Crippen LogP contribution in [0.5, 0.6) is 0 Å². The van der Waals surface area contributed by atoms with Gasteiger partial charge in [-0.2, -0.15) is 0 Å². The largest absolute Gasteiger partial charge is 0.331 e. The van der Waals surface area contributed by atoms with Gasteiger partial charge in [-0.25, -0.2) is 0 Å². The van der Waals surface area contributed by atoms with Crippen molar-refractivity contribution in [3.8, 4) is 0 Å². The predicted octanol–water partition coefficient (Wildman–Crippen LogP) is 4.34. The first-order chi connectivity index (χ1) is 9.65. The molecule has 5 heteroatoms. The fourth-order valence-corrected chi connectivity index (χ4v) is 3.70. The van der Waals surface area contributed by atoms with Crippen molar-refractivity contribution >= 4 is 39.2 Å². The second-order valence-corrected chi connectivity index (χ2v) is 6.95. The van der Waals surface area contributed by atoms with Crippen LogP contribution in [0.1, 0.15) is 26.2 Å². The number of rotatable bonds is 3. The molecule has 108 valence electrons. The molecule has 1 N–H and O–H groups in total. The Balaban J connectivity index is 1.86. The maximum Gasteiger partial charge on any atom is 0.178 e. The van der Waals surface area contributed by atoms with Crippen LogP contribution >= 0.6 is 28.1 Å². The van der Waals surface area contributed by atoms with Gasteiger partial charge in [-0.3, -0.25) is 4.90 Å². The number of nitrogens with zero attached hydrogens (tertiary/aromatic N) is 2. The Morgan fingerprint density at radius 1 is 1.30 bits per heavy atom. The molecular weight excluding hydrogens is 334 g/mol. The molecule has 0 saturated carbocycles. The SMILES string of the molecule is CC(Cn1c(=S)[nH]c2cc(Br)ccc21)N1CCCCC1. The number of aromatic nitrogens is 2. The van der Waals surface area contributed by atoms with Crippen molar-refractivity contribution in [2.45, 2.75) is 38.8 Å². The third-order valence-electron chi connectivity index (χ3n) is 4.20. The zero-order valence-corrected chi connectivity index (χ0v) is 14.1. The van der Waals surface area contributed by atoms with Gasteiger partial charge in [-0.1, -0.05) is 22.4 Å². The number of hydrogen-bond donors (Lipinski definition) is 1. The van der Waals surface area contributed by atoms with Crippen LogP contribution in [0, 0.1) is 4.77 Å². The van der Waals surface area contributed by atoms with Gasteiger partial charge >= 0.3 is 0 Å². The molecule has 3 nitrogen and oxygen atoms in total. The summed E-state index contributed by atoms with van der Waals surface area (Å²) in [6, 6.07) is 6.83. The molecule has 1 fully saturated rings. The Hall–Kier alpha value is -0.650. The van der Waals surface area contributed by atoms with Crippen LogP contribution in [-0.2, 0) is 6.54 Å². The highest BCUT2D eigenvalue weighted by molar-refractivity contribution is 9.10. The monoisotopic (exact) mass is 353 g/mol. The molecule has 1 aliphatic heterocycles. The summed E-state index contributed by atoms with van der Waals surface area (Å²) in [6.07, 6.45) is 4.04. The van der Waals surface area contributed by atoms with Crippen LogP contribution in [0.2, 0.25) is 0 Å². The lowest BCUT2D eigenvalue weighted by Crippen LogP contribution is -2.39. The van der Waals surface area contributed by atoms with E-state index >= 15 is 0 Å². The third kappa shape index (κ3) is 2.85. The van der Waals surface area contributed by atoms with E-state index in [-0.39, 0.29) is 0 Å². The first-order valence-electron chi connectivity index (χ1n) is 7.27. The minimum Gasteiger partial charge on any atom is -0.331 e. The molecule has 1 aromatic carbocycles. The van der Waals surface area contributed by atoms with Crippen molar-refractivity contribution < 1.29 is 0 Å². The van der Waals surface area contributed by atoms with Gasteiger partial charge in [-0.05, 0) is 63.3 Å². The lowest BCUT2D eigenvalue weighted by molar-refractivity contribution is 0.160. The third-order valence-corrected chi connectivity index (χ3v) is 5.01. The molecule has 3 rings (SSSR count). The first kappa shape index (κ1) is 14.3. The number of halogens is 1. The van der Waals surface area contributed by atoms with Gasteiger partial charge in [0.15, 0.2) is 4.77 Å².